The van der Waals surface area contributed by atoms with Crippen molar-refractivity contribution in [1.82, 2.24) is 14.5 Å². The normalized spacial score (nSPS) is 12.9. The summed E-state index contributed by atoms with van der Waals surface area (Å²) in [6, 6.07) is 5.98. The molecule has 0 aliphatic rings. The van der Waals surface area contributed by atoms with Crippen LogP contribution >= 0.6 is 15.9 Å². The van der Waals surface area contributed by atoms with Gasteiger partial charge in [-0.25, -0.2) is 18.5 Å². The Balaban J connectivity index is 2.16. The van der Waals surface area contributed by atoms with E-state index in [1.165, 1.54) is 0 Å². The summed E-state index contributed by atoms with van der Waals surface area (Å²) in [4.78, 5) is 9.31. The van der Waals surface area contributed by atoms with Gasteiger partial charge in [0.2, 0.25) is 10.0 Å². The zero-order valence-corrected chi connectivity index (χ0v) is 18.7. The van der Waals surface area contributed by atoms with Crippen molar-refractivity contribution in [2.24, 2.45) is 5.14 Å². The van der Waals surface area contributed by atoms with Gasteiger partial charge in [-0.2, -0.15) is 0 Å². The monoisotopic (exact) mass is 468 g/mol. The molecule has 0 saturated heterocycles. The van der Waals surface area contributed by atoms with E-state index in [1.807, 2.05) is 25.1 Å². The van der Waals surface area contributed by atoms with Crippen LogP contribution in [0.25, 0.3) is 21.9 Å². The van der Waals surface area contributed by atoms with Crippen molar-refractivity contribution < 1.29 is 13.2 Å². The van der Waals surface area contributed by atoms with E-state index in [4.69, 9.17) is 14.9 Å². The van der Waals surface area contributed by atoms with Crippen LogP contribution in [0.3, 0.4) is 0 Å². The number of hydrogen-bond donors (Lipinski definition) is 1. The Morgan fingerprint density at radius 2 is 2.04 bits per heavy atom. The molecule has 0 fully saturated rings. The first-order valence-electron chi connectivity index (χ1n) is 9.16. The second-order valence-electron chi connectivity index (χ2n) is 7.44. The molecular weight excluding hydrogens is 444 g/mol. The van der Waals surface area contributed by atoms with Crippen molar-refractivity contribution in [3.8, 4) is 0 Å². The van der Waals surface area contributed by atoms with Gasteiger partial charge in [0.05, 0.1) is 23.0 Å². The summed E-state index contributed by atoms with van der Waals surface area (Å²) >= 11 is 3.50. The summed E-state index contributed by atoms with van der Waals surface area (Å²) in [7, 11) is -3.49. The standard InChI is InChI=1S/C19H25BrN4O3S/c1-4-27-12-17-23-16-11-22-15-10-13(20)6-7-14(15)18(16)24(17)19(2,3)8-5-9-28(21,25)26/h6-7,10-11H,4-5,8-9,12H2,1-3H3,(H2,21,25,26). The number of primary sulfonamides is 1. The van der Waals surface area contributed by atoms with Crippen LogP contribution in [-0.4, -0.2) is 35.3 Å². The number of pyridine rings is 1. The molecule has 0 aliphatic carbocycles. The van der Waals surface area contributed by atoms with Gasteiger partial charge in [0.25, 0.3) is 0 Å². The van der Waals surface area contributed by atoms with Gasteiger partial charge < -0.3 is 9.30 Å². The van der Waals surface area contributed by atoms with Crippen molar-refractivity contribution in [3.05, 3.63) is 34.7 Å². The van der Waals surface area contributed by atoms with Gasteiger partial charge in [0.1, 0.15) is 17.9 Å². The fourth-order valence-corrected chi connectivity index (χ4v) is 4.43. The zero-order valence-electron chi connectivity index (χ0n) is 16.3. The summed E-state index contributed by atoms with van der Waals surface area (Å²) in [6.45, 7) is 7.07. The first kappa shape index (κ1) is 21.2. The Morgan fingerprint density at radius 3 is 2.71 bits per heavy atom. The lowest BCUT2D eigenvalue weighted by atomic mass is 9.97. The molecule has 9 heteroatoms. The van der Waals surface area contributed by atoms with Crippen molar-refractivity contribution in [1.29, 1.82) is 0 Å². The van der Waals surface area contributed by atoms with Gasteiger partial charge in [-0.1, -0.05) is 15.9 Å². The molecule has 2 heterocycles. The average Bonchev–Trinajstić information content (AvgIpc) is 2.97. The molecule has 1 aromatic carbocycles. The van der Waals surface area contributed by atoms with Crippen LogP contribution in [0.2, 0.25) is 0 Å². The highest BCUT2D eigenvalue weighted by molar-refractivity contribution is 9.10. The molecule has 0 unspecified atom stereocenters. The molecule has 3 aromatic rings. The number of imidazole rings is 1. The van der Waals surface area contributed by atoms with Gasteiger partial charge >= 0.3 is 0 Å². The fourth-order valence-electron chi connectivity index (χ4n) is 3.54. The van der Waals surface area contributed by atoms with E-state index in [-0.39, 0.29) is 11.3 Å². The molecule has 0 spiro atoms. The third-order valence-corrected chi connectivity index (χ3v) is 6.12. The van der Waals surface area contributed by atoms with Gasteiger partial charge in [-0.05, 0) is 51.8 Å². The van der Waals surface area contributed by atoms with E-state index in [0.717, 1.165) is 32.2 Å². The second-order valence-corrected chi connectivity index (χ2v) is 10.1. The molecule has 0 aliphatic heterocycles. The first-order valence-corrected chi connectivity index (χ1v) is 11.7. The highest BCUT2D eigenvalue weighted by Crippen LogP contribution is 2.34. The minimum atomic E-state index is -3.49. The first-order chi connectivity index (χ1) is 13.1. The molecule has 0 saturated carbocycles. The van der Waals surface area contributed by atoms with Crippen LogP contribution in [0, 0.1) is 0 Å². The molecule has 0 bridgehead atoms. The minimum Gasteiger partial charge on any atom is -0.374 e. The number of hydrogen-bond acceptors (Lipinski definition) is 5. The van der Waals surface area contributed by atoms with E-state index in [1.54, 1.807) is 6.20 Å². The number of rotatable bonds is 8. The molecule has 0 amide bonds. The maximum atomic E-state index is 11.4. The molecule has 2 N–H and O–H groups in total. The van der Waals surface area contributed by atoms with Crippen LogP contribution in [0.4, 0.5) is 0 Å². The molecule has 2 aromatic heterocycles. The van der Waals surface area contributed by atoms with E-state index < -0.39 is 10.0 Å². The second kappa shape index (κ2) is 8.06. The van der Waals surface area contributed by atoms with Crippen molar-refractivity contribution in [3.63, 3.8) is 0 Å². The molecule has 152 valence electrons. The average molecular weight is 469 g/mol. The summed E-state index contributed by atoms with van der Waals surface area (Å²) in [5.41, 5.74) is 2.26. The van der Waals surface area contributed by atoms with Gasteiger partial charge in [-0.3, -0.25) is 4.98 Å². The number of halogens is 1. The van der Waals surface area contributed by atoms with Crippen molar-refractivity contribution in [2.45, 2.75) is 45.8 Å². The van der Waals surface area contributed by atoms with Crippen LogP contribution in [0.5, 0.6) is 0 Å². The molecule has 0 atom stereocenters. The minimum absolute atomic E-state index is 0.0426. The SMILES string of the molecule is CCOCc1nc2cnc3cc(Br)ccc3c2n1C(C)(C)CCCS(N)(=O)=O. The maximum absolute atomic E-state index is 11.4. The molecule has 7 nitrogen and oxygen atoms in total. The smallest absolute Gasteiger partial charge is 0.209 e. The van der Waals surface area contributed by atoms with E-state index in [0.29, 0.717) is 26.1 Å². The Bertz CT molecular complexity index is 1110. The summed E-state index contributed by atoms with van der Waals surface area (Å²) in [5.74, 6) is 0.758. The number of ether oxygens (including phenoxy) is 1. The van der Waals surface area contributed by atoms with Crippen LogP contribution < -0.4 is 5.14 Å². The predicted molar refractivity (Wildman–Crippen MR) is 115 cm³/mol. The molecule has 0 radical (unpaired) electrons. The third kappa shape index (κ3) is 4.53. The Labute approximate surface area is 173 Å². The highest BCUT2D eigenvalue weighted by Gasteiger charge is 2.27. The highest BCUT2D eigenvalue weighted by atomic mass is 79.9. The number of aromatic nitrogens is 3. The molecule has 3 rings (SSSR count). The summed E-state index contributed by atoms with van der Waals surface area (Å²) in [6.07, 6.45) is 2.87. The lowest BCUT2D eigenvalue weighted by molar-refractivity contribution is 0.121. The largest absolute Gasteiger partial charge is 0.374 e. The predicted octanol–water partition coefficient (Wildman–Crippen LogP) is 3.69. The lowest BCUT2D eigenvalue weighted by Crippen LogP contribution is -2.30. The molecular formula is C19H25BrN4O3S. The van der Waals surface area contributed by atoms with E-state index >= 15 is 0 Å². The van der Waals surface area contributed by atoms with Gasteiger partial charge in [0, 0.05) is 22.0 Å². The van der Waals surface area contributed by atoms with Crippen molar-refractivity contribution in [2.75, 3.05) is 12.4 Å². The topological polar surface area (TPSA) is 100 Å². The fraction of sp³-hybridized carbons (Fsp3) is 0.474. The summed E-state index contributed by atoms with van der Waals surface area (Å²) in [5, 5.41) is 6.17. The van der Waals surface area contributed by atoms with Gasteiger partial charge in [0.15, 0.2) is 0 Å². The number of sulfonamides is 1. The Kier molecular flexibility index (Phi) is 6.09. The number of fused-ring (bicyclic) bond motifs is 3. The molecule has 28 heavy (non-hydrogen) atoms. The number of nitrogens with zero attached hydrogens (tertiary/aromatic N) is 3. The van der Waals surface area contributed by atoms with E-state index in [9.17, 15) is 8.42 Å². The Morgan fingerprint density at radius 1 is 1.29 bits per heavy atom. The maximum Gasteiger partial charge on any atom is 0.209 e. The summed E-state index contributed by atoms with van der Waals surface area (Å²) < 4.78 is 31.5. The van der Waals surface area contributed by atoms with E-state index in [2.05, 4.69) is 39.3 Å². The quantitative estimate of drug-likeness (QED) is 0.543. The number of benzene rings is 1. The van der Waals surface area contributed by atoms with Crippen LogP contribution in [0.15, 0.2) is 28.9 Å². The Hall–Kier alpha value is -1.55. The van der Waals surface area contributed by atoms with Gasteiger partial charge in [-0.15, -0.1) is 0 Å². The number of nitrogens with two attached hydrogens (primary N) is 1. The lowest BCUT2D eigenvalue weighted by Gasteiger charge is -2.30. The van der Waals surface area contributed by atoms with Crippen LogP contribution in [0.1, 0.15) is 39.4 Å². The third-order valence-electron chi connectivity index (χ3n) is 4.77. The van der Waals surface area contributed by atoms with Crippen LogP contribution in [-0.2, 0) is 26.9 Å². The zero-order chi connectivity index (χ0) is 20.5. The van der Waals surface area contributed by atoms with Crippen molar-refractivity contribution >= 4 is 47.9 Å².